The molecule has 2 N–H and O–H groups in total. The molecule has 0 saturated heterocycles. The van der Waals surface area contributed by atoms with E-state index in [4.69, 9.17) is 4.42 Å². The van der Waals surface area contributed by atoms with E-state index in [2.05, 4.69) is 27.4 Å². The lowest BCUT2D eigenvalue weighted by molar-refractivity contribution is -0.119. The smallest absolute Gasteiger partial charge is 0.325 e. The van der Waals surface area contributed by atoms with Gasteiger partial charge in [-0.25, -0.2) is 4.79 Å². The van der Waals surface area contributed by atoms with Crippen LogP contribution in [0.15, 0.2) is 71.0 Å². The number of urea groups is 1. The Morgan fingerprint density at radius 2 is 2.04 bits per heavy atom. The van der Waals surface area contributed by atoms with Crippen LogP contribution in [-0.2, 0) is 11.3 Å². The van der Waals surface area contributed by atoms with E-state index in [1.807, 2.05) is 6.07 Å². The van der Waals surface area contributed by atoms with Crippen LogP contribution in [-0.4, -0.2) is 32.0 Å². The standard InChI is InChI=1S/C19H19N5O3S/c1-3-11-24-16(15-10-7-12-27-15)22-23-19(24)28-13(2)17(25)21-18(26)20-14-8-5-4-6-9-14/h3-10,12-13H,1,11H2,2H3,(H2,20,21,25,26). The average Bonchev–Trinajstić information content (AvgIpc) is 3.33. The van der Waals surface area contributed by atoms with E-state index in [0.717, 1.165) is 0 Å². The molecule has 144 valence electrons. The number of thioether (sulfide) groups is 1. The number of rotatable bonds is 7. The van der Waals surface area contributed by atoms with Gasteiger partial charge in [0.25, 0.3) is 0 Å². The number of nitrogens with one attached hydrogen (secondary N) is 2. The molecule has 1 unspecified atom stereocenters. The normalized spacial score (nSPS) is 11.6. The molecule has 0 aliphatic rings. The monoisotopic (exact) mass is 397 g/mol. The number of carbonyl (C=O) groups is 2. The molecule has 8 nitrogen and oxygen atoms in total. The summed E-state index contributed by atoms with van der Waals surface area (Å²) in [6, 6.07) is 11.8. The van der Waals surface area contributed by atoms with Crippen LogP contribution in [0, 0.1) is 0 Å². The zero-order valence-corrected chi connectivity index (χ0v) is 16.0. The van der Waals surface area contributed by atoms with Crippen molar-refractivity contribution in [3.63, 3.8) is 0 Å². The van der Waals surface area contributed by atoms with Crippen molar-refractivity contribution in [2.45, 2.75) is 23.9 Å². The van der Waals surface area contributed by atoms with E-state index in [-0.39, 0.29) is 0 Å². The number of allylic oxidation sites excluding steroid dienone is 1. The number of nitrogens with zero attached hydrogens (tertiary/aromatic N) is 3. The molecular formula is C19H19N5O3S. The van der Waals surface area contributed by atoms with Crippen molar-refractivity contribution in [2.24, 2.45) is 0 Å². The van der Waals surface area contributed by atoms with Gasteiger partial charge >= 0.3 is 6.03 Å². The first-order chi connectivity index (χ1) is 13.6. The first kappa shape index (κ1) is 19.4. The minimum atomic E-state index is -0.590. The zero-order chi connectivity index (χ0) is 19.9. The number of imide groups is 1. The van der Waals surface area contributed by atoms with E-state index >= 15 is 0 Å². The van der Waals surface area contributed by atoms with Gasteiger partial charge in [-0.2, -0.15) is 0 Å². The maximum absolute atomic E-state index is 12.4. The first-order valence-electron chi connectivity index (χ1n) is 8.50. The highest BCUT2D eigenvalue weighted by atomic mass is 32.2. The highest BCUT2D eigenvalue weighted by Gasteiger charge is 2.22. The Morgan fingerprint density at radius 3 is 2.71 bits per heavy atom. The van der Waals surface area contributed by atoms with E-state index < -0.39 is 17.2 Å². The van der Waals surface area contributed by atoms with Crippen molar-refractivity contribution in [1.82, 2.24) is 20.1 Å². The fraction of sp³-hybridized carbons (Fsp3) is 0.158. The molecule has 0 bridgehead atoms. The van der Waals surface area contributed by atoms with Gasteiger partial charge in [-0.15, -0.1) is 16.8 Å². The number of carbonyl (C=O) groups excluding carboxylic acids is 2. The van der Waals surface area contributed by atoms with Gasteiger partial charge < -0.3 is 9.73 Å². The third-order valence-electron chi connectivity index (χ3n) is 3.69. The second kappa shape index (κ2) is 9.05. The number of furan rings is 1. The molecule has 0 aliphatic carbocycles. The highest BCUT2D eigenvalue weighted by molar-refractivity contribution is 8.00. The molecule has 0 saturated carbocycles. The number of hydrogen-bond acceptors (Lipinski definition) is 6. The number of amides is 3. The third-order valence-corrected chi connectivity index (χ3v) is 4.77. The molecule has 28 heavy (non-hydrogen) atoms. The average molecular weight is 397 g/mol. The summed E-state index contributed by atoms with van der Waals surface area (Å²) >= 11 is 1.19. The minimum Gasteiger partial charge on any atom is -0.461 e. The van der Waals surface area contributed by atoms with Crippen LogP contribution in [0.3, 0.4) is 0 Å². The Kier molecular flexibility index (Phi) is 6.28. The van der Waals surface area contributed by atoms with Crippen molar-refractivity contribution < 1.29 is 14.0 Å². The van der Waals surface area contributed by atoms with E-state index in [0.29, 0.717) is 29.0 Å². The molecule has 3 rings (SSSR count). The molecule has 2 aromatic heterocycles. The van der Waals surface area contributed by atoms with Crippen molar-refractivity contribution in [3.05, 3.63) is 61.4 Å². The van der Waals surface area contributed by atoms with Gasteiger partial charge in [0.05, 0.1) is 11.5 Å². The molecule has 3 aromatic rings. The highest BCUT2D eigenvalue weighted by Crippen LogP contribution is 2.27. The van der Waals surface area contributed by atoms with E-state index in [1.165, 1.54) is 11.8 Å². The number of para-hydroxylation sites is 1. The van der Waals surface area contributed by atoms with Crippen molar-refractivity contribution >= 4 is 29.4 Å². The summed E-state index contributed by atoms with van der Waals surface area (Å²) in [5.74, 6) is 0.675. The van der Waals surface area contributed by atoms with Crippen molar-refractivity contribution in [2.75, 3.05) is 5.32 Å². The van der Waals surface area contributed by atoms with E-state index in [1.54, 1.807) is 60.2 Å². The van der Waals surface area contributed by atoms with Gasteiger partial charge in [0.2, 0.25) is 11.7 Å². The van der Waals surface area contributed by atoms with Crippen LogP contribution >= 0.6 is 11.8 Å². The topological polar surface area (TPSA) is 102 Å². The lowest BCUT2D eigenvalue weighted by Crippen LogP contribution is -2.38. The Hall–Kier alpha value is -3.33. The lowest BCUT2D eigenvalue weighted by atomic mass is 10.3. The maximum Gasteiger partial charge on any atom is 0.325 e. The summed E-state index contributed by atoms with van der Waals surface area (Å²) in [5.41, 5.74) is 0.599. The second-order valence-electron chi connectivity index (χ2n) is 5.75. The predicted molar refractivity (Wildman–Crippen MR) is 107 cm³/mol. The molecule has 2 heterocycles. The molecule has 1 aromatic carbocycles. The van der Waals surface area contributed by atoms with Gasteiger partial charge in [0, 0.05) is 12.2 Å². The number of anilines is 1. The van der Waals surface area contributed by atoms with Crippen LogP contribution in [0.2, 0.25) is 0 Å². The molecule has 0 radical (unpaired) electrons. The van der Waals surface area contributed by atoms with E-state index in [9.17, 15) is 9.59 Å². The largest absolute Gasteiger partial charge is 0.461 e. The Labute approximate surface area is 166 Å². The fourth-order valence-electron chi connectivity index (χ4n) is 2.37. The van der Waals surface area contributed by atoms with Crippen molar-refractivity contribution in [3.8, 4) is 11.6 Å². The first-order valence-corrected chi connectivity index (χ1v) is 9.38. The van der Waals surface area contributed by atoms with Crippen LogP contribution in [0.5, 0.6) is 0 Å². The summed E-state index contributed by atoms with van der Waals surface area (Å²) in [7, 11) is 0. The van der Waals surface area contributed by atoms with Crippen molar-refractivity contribution in [1.29, 1.82) is 0 Å². The molecular weight excluding hydrogens is 378 g/mol. The lowest BCUT2D eigenvalue weighted by Gasteiger charge is -2.12. The van der Waals surface area contributed by atoms with Gasteiger partial charge in [0.1, 0.15) is 0 Å². The summed E-state index contributed by atoms with van der Waals surface area (Å²) in [4.78, 5) is 24.4. The number of benzene rings is 1. The summed E-state index contributed by atoms with van der Waals surface area (Å²) in [6.07, 6.45) is 3.26. The van der Waals surface area contributed by atoms with Crippen LogP contribution in [0.25, 0.3) is 11.6 Å². The quantitative estimate of drug-likeness (QED) is 0.467. The summed E-state index contributed by atoms with van der Waals surface area (Å²) < 4.78 is 7.18. The Morgan fingerprint density at radius 1 is 1.25 bits per heavy atom. The SMILES string of the molecule is C=CCn1c(SC(C)C(=O)NC(=O)Nc2ccccc2)nnc1-c1ccco1. The molecule has 0 aliphatic heterocycles. The Bertz CT molecular complexity index is 953. The van der Waals surface area contributed by atoms with Gasteiger partial charge in [-0.3, -0.25) is 14.7 Å². The molecule has 1 atom stereocenters. The van der Waals surface area contributed by atoms with Crippen LogP contribution in [0.4, 0.5) is 10.5 Å². The van der Waals surface area contributed by atoms with Gasteiger partial charge in [0.15, 0.2) is 10.9 Å². The maximum atomic E-state index is 12.4. The Balaban J connectivity index is 1.65. The number of aromatic nitrogens is 3. The molecule has 0 fully saturated rings. The third kappa shape index (κ3) is 4.68. The molecule has 3 amide bonds. The van der Waals surface area contributed by atoms with Crippen LogP contribution in [0.1, 0.15) is 6.92 Å². The van der Waals surface area contributed by atoms with Gasteiger partial charge in [-0.05, 0) is 31.2 Å². The second-order valence-corrected chi connectivity index (χ2v) is 7.06. The fourth-order valence-corrected chi connectivity index (χ4v) is 3.23. The summed E-state index contributed by atoms with van der Waals surface area (Å²) in [6.45, 7) is 5.89. The summed E-state index contributed by atoms with van der Waals surface area (Å²) in [5, 5.41) is 13.2. The molecule has 0 spiro atoms. The predicted octanol–water partition coefficient (Wildman–Crippen LogP) is 3.55. The minimum absolute atomic E-state index is 0.439. The van der Waals surface area contributed by atoms with Crippen LogP contribution < -0.4 is 10.6 Å². The van der Waals surface area contributed by atoms with Gasteiger partial charge in [-0.1, -0.05) is 36.0 Å². The number of hydrogen-bond donors (Lipinski definition) is 2. The zero-order valence-electron chi connectivity index (χ0n) is 15.2. The molecule has 9 heteroatoms.